The first-order valence-electron chi connectivity index (χ1n) is 5.93. The standard InChI is InChI=1S/C14H19N3/c1-4-12-7-5-6-8-13(12)16-11(3)14-10(2)9-15-17-14/h5-9,14-17H,3-4H2,1-2H3. The highest BCUT2D eigenvalue weighted by molar-refractivity contribution is 5.56. The van der Waals surface area contributed by atoms with Gasteiger partial charge in [0, 0.05) is 17.6 Å². The third kappa shape index (κ3) is 2.50. The number of para-hydroxylation sites is 1. The van der Waals surface area contributed by atoms with Gasteiger partial charge < -0.3 is 10.7 Å². The van der Waals surface area contributed by atoms with Crippen LogP contribution in [0, 0.1) is 0 Å². The minimum absolute atomic E-state index is 0.153. The van der Waals surface area contributed by atoms with Crippen LogP contribution >= 0.6 is 0 Å². The van der Waals surface area contributed by atoms with Gasteiger partial charge in [-0.3, -0.25) is 0 Å². The maximum Gasteiger partial charge on any atom is 0.0877 e. The van der Waals surface area contributed by atoms with Gasteiger partial charge in [0.15, 0.2) is 0 Å². The van der Waals surface area contributed by atoms with Crippen LogP contribution in [0.25, 0.3) is 0 Å². The minimum atomic E-state index is 0.153. The third-order valence-corrected chi connectivity index (χ3v) is 3.02. The zero-order valence-electron chi connectivity index (χ0n) is 10.4. The zero-order valence-corrected chi connectivity index (χ0v) is 10.4. The topological polar surface area (TPSA) is 36.1 Å². The molecule has 0 fully saturated rings. The molecule has 90 valence electrons. The molecule has 0 saturated carbocycles. The van der Waals surface area contributed by atoms with E-state index in [4.69, 9.17) is 0 Å². The van der Waals surface area contributed by atoms with Crippen molar-refractivity contribution in [2.24, 2.45) is 0 Å². The van der Waals surface area contributed by atoms with Gasteiger partial charge in [-0.05, 0) is 30.5 Å². The van der Waals surface area contributed by atoms with E-state index in [1.165, 1.54) is 11.1 Å². The first-order chi connectivity index (χ1) is 8.22. The Bertz CT molecular complexity index is 449. The maximum atomic E-state index is 4.10. The summed E-state index contributed by atoms with van der Waals surface area (Å²) in [6.07, 6.45) is 2.98. The van der Waals surface area contributed by atoms with Crippen LogP contribution in [-0.2, 0) is 6.42 Å². The van der Waals surface area contributed by atoms with Crippen LogP contribution in [0.3, 0.4) is 0 Å². The van der Waals surface area contributed by atoms with Crippen molar-refractivity contribution in [2.45, 2.75) is 26.3 Å². The Hall–Kier alpha value is -1.74. The molecule has 1 unspecified atom stereocenters. The number of aryl methyl sites for hydroxylation is 1. The molecule has 0 aliphatic carbocycles. The summed E-state index contributed by atoms with van der Waals surface area (Å²) in [6, 6.07) is 8.48. The number of hydrazine groups is 1. The second-order valence-electron chi connectivity index (χ2n) is 4.27. The Morgan fingerprint density at radius 2 is 2.18 bits per heavy atom. The molecule has 0 saturated heterocycles. The maximum absolute atomic E-state index is 4.10. The molecule has 0 aromatic heterocycles. The third-order valence-electron chi connectivity index (χ3n) is 3.02. The quantitative estimate of drug-likeness (QED) is 0.742. The summed E-state index contributed by atoms with van der Waals surface area (Å²) in [5, 5.41) is 3.40. The van der Waals surface area contributed by atoms with Crippen LogP contribution < -0.4 is 16.2 Å². The molecule has 1 aromatic carbocycles. The largest absolute Gasteiger partial charge is 0.358 e. The van der Waals surface area contributed by atoms with E-state index in [-0.39, 0.29) is 6.04 Å². The van der Waals surface area contributed by atoms with Gasteiger partial charge in [-0.1, -0.05) is 31.7 Å². The monoisotopic (exact) mass is 229 g/mol. The summed E-state index contributed by atoms with van der Waals surface area (Å²) < 4.78 is 0. The number of hydrogen-bond donors (Lipinski definition) is 3. The molecule has 0 spiro atoms. The number of hydrogen-bond acceptors (Lipinski definition) is 3. The van der Waals surface area contributed by atoms with Crippen molar-refractivity contribution in [1.29, 1.82) is 0 Å². The number of nitrogens with one attached hydrogen (secondary N) is 3. The van der Waals surface area contributed by atoms with Gasteiger partial charge in [0.2, 0.25) is 0 Å². The summed E-state index contributed by atoms with van der Waals surface area (Å²) in [5.74, 6) is 0. The van der Waals surface area contributed by atoms with Gasteiger partial charge in [0.1, 0.15) is 0 Å². The predicted octanol–water partition coefficient (Wildman–Crippen LogP) is 2.55. The van der Waals surface area contributed by atoms with Crippen molar-refractivity contribution in [3.05, 3.63) is 53.9 Å². The first-order valence-corrected chi connectivity index (χ1v) is 5.93. The molecular weight excluding hydrogens is 210 g/mol. The fourth-order valence-electron chi connectivity index (χ4n) is 1.99. The van der Waals surface area contributed by atoms with Crippen molar-refractivity contribution in [2.75, 3.05) is 5.32 Å². The van der Waals surface area contributed by atoms with E-state index in [2.05, 4.69) is 54.8 Å². The Morgan fingerprint density at radius 3 is 2.82 bits per heavy atom. The van der Waals surface area contributed by atoms with Gasteiger partial charge in [-0.15, -0.1) is 0 Å². The number of rotatable bonds is 4. The summed E-state index contributed by atoms with van der Waals surface area (Å²) in [6.45, 7) is 8.34. The van der Waals surface area contributed by atoms with E-state index in [0.29, 0.717) is 0 Å². The first kappa shape index (κ1) is 11.7. The molecule has 3 N–H and O–H groups in total. The summed E-state index contributed by atoms with van der Waals surface area (Å²) in [4.78, 5) is 0. The van der Waals surface area contributed by atoms with E-state index in [1.54, 1.807) is 0 Å². The van der Waals surface area contributed by atoms with Gasteiger partial charge >= 0.3 is 0 Å². The number of anilines is 1. The smallest absolute Gasteiger partial charge is 0.0877 e. The molecule has 17 heavy (non-hydrogen) atoms. The molecule has 1 aliphatic heterocycles. The van der Waals surface area contributed by atoms with Crippen LogP contribution in [0.2, 0.25) is 0 Å². The molecule has 1 heterocycles. The molecule has 1 aliphatic rings. The van der Waals surface area contributed by atoms with Crippen molar-refractivity contribution in [3.8, 4) is 0 Å². The lowest BCUT2D eigenvalue weighted by atomic mass is 10.1. The molecule has 0 amide bonds. The molecular formula is C14H19N3. The fraction of sp³-hybridized carbons (Fsp3) is 0.286. The normalized spacial score (nSPS) is 18.5. The van der Waals surface area contributed by atoms with Crippen LogP contribution in [0.5, 0.6) is 0 Å². The summed E-state index contributed by atoms with van der Waals surface area (Å²) in [7, 11) is 0. The molecule has 3 heteroatoms. The summed E-state index contributed by atoms with van der Waals surface area (Å²) in [5.41, 5.74) is 10.8. The van der Waals surface area contributed by atoms with E-state index in [1.807, 2.05) is 12.3 Å². The highest BCUT2D eigenvalue weighted by atomic mass is 15.4. The highest BCUT2D eigenvalue weighted by Gasteiger charge is 2.18. The molecule has 3 nitrogen and oxygen atoms in total. The number of benzene rings is 1. The Balaban J connectivity index is 2.10. The van der Waals surface area contributed by atoms with Gasteiger partial charge in [0.05, 0.1) is 6.04 Å². The Labute approximate surface area is 103 Å². The van der Waals surface area contributed by atoms with Crippen molar-refractivity contribution in [1.82, 2.24) is 10.9 Å². The van der Waals surface area contributed by atoms with Crippen molar-refractivity contribution in [3.63, 3.8) is 0 Å². The second-order valence-corrected chi connectivity index (χ2v) is 4.27. The van der Waals surface area contributed by atoms with E-state index in [9.17, 15) is 0 Å². The van der Waals surface area contributed by atoms with Gasteiger partial charge in [0.25, 0.3) is 0 Å². The molecule has 0 bridgehead atoms. The molecule has 0 radical (unpaired) electrons. The summed E-state index contributed by atoms with van der Waals surface area (Å²) >= 11 is 0. The average molecular weight is 229 g/mol. The molecule has 2 rings (SSSR count). The van der Waals surface area contributed by atoms with E-state index < -0.39 is 0 Å². The van der Waals surface area contributed by atoms with Gasteiger partial charge in [-0.2, -0.15) is 0 Å². The predicted molar refractivity (Wildman–Crippen MR) is 72.4 cm³/mol. The lowest BCUT2D eigenvalue weighted by Gasteiger charge is -2.19. The zero-order chi connectivity index (χ0) is 12.3. The lowest BCUT2D eigenvalue weighted by Crippen LogP contribution is -2.35. The van der Waals surface area contributed by atoms with E-state index in [0.717, 1.165) is 17.8 Å². The molecule has 1 aromatic rings. The Kier molecular flexibility index (Phi) is 3.49. The lowest BCUT2D eigenvalue weighted by molar-refractivity contribution is 0.629. The minimum Gasteiger partial charge on any atom is -0.358 e. The van der Waals surface area contributed by atoms with Crippen LogP contribution in [0.4, 0.5) is 5.69 Å². The van der Waals surface area contributed by atoms with Crippen LogP contribution in [0.1, 0.15) is 19.4 Å². The average Bonchev–Trinajstić information content (AvgIpc) is 2.76. The van der Waals surface area contributed by atoms with Crippen LogP contribution in [0.15, 0.2) is 48.3 Å². The highest BCUT2D eigenvalue weighted by Crippen LogP contribution is 2.20. The SMILES string of the molecule is C=C(Nc1ccccc1CC)C1NNC=C1C. The fourth-order valence-corrected chi connectivity index (χ4v) is 1.99. The van der Waals surface area contributed by atoms with Crippen molar-refractivity contribution < 1.29 is 0 Å². The Morgan fingerprint density at radius 1 is 1.41 bits per heavy atom. The van der Waals surface area contributed by atoms with E-state index >= 15 is 0 Å². The van der Waals surface area contributed by atoms with Gasteiger partial charge in [-0.25, -0.2) is 5.43 Å². The van der Waals surface area contributed by atoms with Crippen LogP contribution in [-0.4, -0.2) is 6.04 Å². The second kappa shape index (κ2) is 5.06. The molecule has 1 atom stereocenters. The van der Waals surface area contributed by atoms with Crippen molar-refractivity contribution >= 4 is 5.69 Å².